The minimum Gasteiger partial charge on any atom is -0.454 e. The standard InChI is InChI=1S/C67H33N5OS3/c1-69-57-55(37-16-13-33-70-35-37)50(34-68)58(71-59-42(25-29-46-38-17-5-9-21-51(38)73-64(46)59)43-26-30-47-39-18-6-10-22-52(39)74-65(47)60(43)71)56(36-14-3-2-4-15-36)63(57)72-61-44(27-31-48-40-19-7-11-23-53(40)75-66(48)61)45-28-32-49-41-20-8-12-24-54(41)76-67(49)62(45)72/h2-33,35H. The van der Waals surface area contributed by atoms with Crippen molar-refractivity contribution in [1.29, 1.82) is 5.26 Å². The van der Waals surface area contributed by atoms with Gasteiger partial charge in [0.15, 0.2) is 5.58 Å². The molecule has 0 N–H and O–H groups in total. The van der Waals surface area contributed by atoms with Gasteiger partial charge < -0.3 is 13.6 Å². The molecule has 10 aromatic carbocycles. The number of fused-ring (bicyclic) bond motifs is 22. The maximum Gasteiger partial charge on any atom is 0.220 e. The number of hydrogen-bond acceptors (Lipinski definition) is 6. The zero-order chi connectivity index (χ0) is 49.9. The van der Waals surface area contributed by atoms with Gasteiger partial charge in [-0.25, -0.2) is 4.85 Å². The summed E-state index contributed by atoms with van der Waals surface area (Å²) in [5.41, 5.74) is 10.3. The number of pyridine rings is 1. The highest BCUT2D eigenvalue weighted by Gasteiger charge is 2.34. The minimum absolute atomic E-state index is 0.365. The van der Waals surface area contributed by atoms with Gasteiger partial charge in [-0.3, -0.25) is 4.98 Å². The summed E-state index contributed by atoms with van der Waals surface area (Å²) in [5.74, 6) is 0. The van der Waals surface area contributed by atoms with Crippen LogP contribution in [-0.4, -0.2) is 14.1 Å². The highest BCUT2D eigenvalue weighted by molar-refractivity contribution is 7.27. The van der Waals surface area contributed by atoms with E-state index >= 15 is 0 Å². The number of benzene rings is 10. The van der Waals surface area contributed by atoms with Crippen LogP contribution in [0.5, 0.6) is 0 Å². The number of aromatic nitrogens is 3. The fraction of sp³-hybridized carbons (Fsp3) is 0. The molecule has 7 aromatic heterocycles. The molecular formula is C67H33N5OS3. The zero-order valence-electron chi connectivity index (χ0n) is 39.9. The normalized spacial score (nSPS) is 12.2. The van der Waals surface area contributed by atoms with Crippen LogP contribution < -0.4 is 0 Å². The fourth-order valence-electron chi connectivity index (χ4n) is 12.6. The van der Waals surface area contributed by atoms with Crippen molar-refractivity contribution in [3.8, 4) is 39.7 Å². The third kappa shape index (κ3) is 5.42. The van der Waals surface area contributed by atoms with E-state index in [4.69, 9.17) is 14.2 Å². The van der Waals surface area contributed by atoms with Gasteiger partial charge in [0.1, 0.15) is 11.7 Å². The number of furan rings is 1. The molecule has 17 aromatic rings. The van der Waals surface area contributed by atoms with Crippen molar-refractivity contribution >= 4 is 166 Å². The Labute approximate surface area is 443 Å². The molecule has 17 rings (SSSR count). The van der Waals surface area contributed by atoms with E-state index in [1.54, 1.807) is 46.4 Å². The van der Waals surface area contributed by atoms with Crippen LogP contribution in [0.2, 0.25) is 0 Å². The van der Waals surface area contributed by atoms with Crippen molar-refractivity contribution in [2.45, 2.75) is 0 Å². The second kappa shape index (κ2) is 15.5. The Morgan fingerprint density at radius 1 is 0.434 bits per heavy atom. The molecule has 0 saturated heterocycles. The zero-order valence-corrected chi connectivity index (χ0v) is 42.4. The second-order valence-corrected chi connectivity index (χ2v) is 22.6. The van der Waals surface area contributed by atoms with Crippen molar-refractivity contribution in [1.82, 2.24) is 14.1 Å². The number of nitriles is 1. The fourth-order valence-corrected chi connectivity index (χ4v) is 16.3. The van der Waals surface area contributed by atoms with Gasteiger partial charge in [-0.05, 0) is 47.5 Å². The molecule has 0 amide bonds. The summed E-state index contributed by atoms with van der Waals surface area (Å²) in [5, 5.41) is 25.5. The maximum atomic E-state index is 12.3. The third-order valence-corrected chi connectivity index (χ3v) is 19.2. The van der Waals surface area contributed by atoms with E-state index in [0.29, 0.717) is 33.8 Å². The topological polar surface area (TPSA) is 64.0 Å². The SMILES string of the molecule is [C-]#[N+]c1c(-c2cccnc2)c(C#N)c(-n2c3c(ccc4c5ccccc5oc43)c3ccc4c5ccccc5sc4c32)c(-c2ccccc2)c1-n1c2c(ccc3c4ccccc4sc32)c2ccc3c4ccccc4sc3c21. The van der Waals surface area contributed by atoms with Crippen molar-refractivity contribution in [3.63, 3.8) is 0 Å². The molecule has 350 valence electrons. The minimum atomic E-state index is 0.365. The first-order valence-electron chi connectivity index (χ1n) is 25.0. The van der Waals surface area contributed by atoms with Crippen molar-refractivity contribution in [2.75, 3.05) is 0 Å². The summed E-state index contributed by atoms with van der Waals surface area (Å²) in [6.45, 7) is 9.64. The van der Waals surface area contributed by atoms with E-state index < -0.39 is 0 Å². The molecule has 0 saturated carbocycles. The quantitative estimate of drug-likeness (QED) is 0.165. The Morgan fingerprint density at radius 2 is 0.895 bits per heavy atom. The lowest BCUT2D eigenvalue weighted by atomic mass is 9.89. The van der Waals surface area contributed by atoms with Crippen LogP contribution in [0.1, 0.15) is 5.56 Å². The lowest BCUT2D eigenvalue weighted by Crippen LogP contribution is -2.09. The van der Waals surface area contributed by atoms with Crippen LogP contribution in [0.15, 0.2) is 205 Å². The summed E-state index contributed by atoms with van der Waals surface area (Å²) >= 11 is 5.34. The molecule has 0 fully saturated rings. The van der Waals surface area contributed by atoms with Gasteiger partial charge in [-0.15, -0.1) is 34.0 Å². The number of para-hydroxylation sites is 1. The predicted octanol–water partition coefficient (Wildman–Crippen LogP) is 20.0. The van der Waals surface area contributed by atoms with E-state index in [9.17, 15) is 11.8 Å². The molecule has 76 heavy (non-hydrogen) atoms. The smallest absolute Gasteiger partial charge is 0.220 e. The lowest BCUT2D eigenvalue weighted by molar-refractivity contribution is 0.671. The van der Waals surface area contributed by atoms with E-state index in [2.05, 4.69) is 173 Å². The van der Waals surface area contributed by atoms with Crippen molar-refractivity contribution in [2.24, 2.45) is 0 Å². The number of hydrogen-bond donors (Lipinski definition) is 0. The Bertz CT molecular complexity index is 4950. The Hall–Kier alpha value is -9.61. The number of nitrogens with zero attached hydrogens (tertiary/aromatic N) is 5. The van der Waals surface area contributed by atoms with Crippen LogP contribution in [0.4, 0.5) is 5.69 Å². The third-order valence-electron chi connectivity index (χ3n) is 15.7. The monoisotopic (exact) mass is 1020 g/mol. The van der Waals surface area contributed by atoms with Crippen molar-refractivity contribution < 1.29 is 4.42 Å². The molecule has 0 radical (unpaired) electrons. The van der Waals surface area contributed by atoms with Gasteiger partial charge in [-0.2, -0.15) is 5.26 Å². The molecule has 0 unspecified atom stereocenters. The van der Waals surface area contributed by atoms with E-state index in [1.807, 2.05) is 30.3 Å². The van der Waals surface area contributed by atoms with E-state index in [0.717, 1.165) is 107 Å². The van der Waals surface area contributed by atoms with Gasteiger partial charge in [-0.1, -0.05) is 152 Å². The van der Waals surface area contributed by atoms with E-state index in [-0.39, 0.29) is 0 Å². The number of rotatable bonds is 4. The summed E-state index contributed by atoms with van der Waals surface area (Å²) in [6.07, 6.45) is 3.55. The van der Waals surface area contributed by atoms with Crippen LogP contribution in [0, 0.1) is 17.9 Å². The lowest BCUT2D eigenvalue weighted by Gasteiger charge is -2.26. The van der Waals surface area contributed by atoms with Crippen LogP contribution in [-0.2, 0) is 0 Å². The average Bonchev–Trinajstić information content (AvgIpc) is 4.41. The van der Waals surface area contributed by atoms with Gasteiger partial charge in [0.25, 0.3) is 0 Å². The van der Waals surface area contributed by atoms with Gasteiger partial charge >= 0.3 is 0 Å². The Morgan fingerprint density at radius 3 is 1.42 bits per heavy atom. The maximum absolute atomic E-state index is 12.3. The highest BCUT2D eigenvalue weighted by atomic mass is 32.1. The molecule has 0 aliphatic rings. The molecule has 7 heterocycles. The Kier molecular flexibility index (Phi) is 8.51. The number of thiophene rings is 3. The first-order valence-corrected chi connectivity index (χ1v) is 27.5. The van der Waals surface area contributed by atoms with Gasteiger partial charge in [0.2, 0.25) is 5.69 Å². The summed E-state index contributed by atoms with van der Waals surface area (Å²) in [6, 6.07) is 69.3. The average molecular weight is 1020 g/mol. The second-order valence-electron chi connectivity index (χ2n) is 19.4. The molecular weight excluding hydrogens is 987 g/mol. The molecule has 0 spiro atoms. The molecule has 0 bridgehead atoms. The van der Waals surface area contributed by atoms with Crippen LogP contribution in [0.25, 0.3) is 165 Å². The molecule has 0 aliphatic heterocycles. The molecule has 9 heteroatoms. The summed E-state index contributed by atoms with van der Waals surface area (Å²) < 4.78 is 18.8. The first-order chi connectivity index (χ1) is 37.7. The largest absolute Gasteiger partial charge is 0.454 e. The van der Waals surface area contributed by atoms with Crippen molar-refractivity contribution in [3.05, 3.63) is 217 Å². The van der Waals surface area contributed by atoms with Gasteiger partial charge in [0.05, 0.1) is 59.7 Å². The molecule has 0 atom stereocenters. The summed E-state index contributed by atoms with van der Waals surface area (Å²) in [7, 11) is 0. The summed E-state index contributed by atoms with van der Waals surface area (Å²) in [4.78, 5) is 9.39. The van der Waals surface area contributed by atoms with E-state index in [1.165, 1.54) is 30.3 Å². The Balaban J connectivity index is 1.20. The highest BCUT2D eigenvalue weighted by Crippen LogP contribution is 2.56. The molecule has 0 aliphatic carbocycles. The first kappa shape index (κ1) is 41.8. The van der Waals surface area contributed by atoms with Crippen LogP contribution in [0.3, 0.4) is 0 Å². The predicted molar refractivity (Wildman–Crippen MR) is 321 cm³/mol. The molecule has 6 nitrogen and oxygen atoms in total. The van der Waals surface area contributed by atoms with Gasteiger partial charge in [0, 0.05) is 102 Å². The van der Waals surface area contributed by atoms with Crippen LogP contribution >= 0.6 is 34.0 Å².